The molecule has 2 aromatic heterocycles. The maximum absolute atomic E-state index is 12.7. The van der Waals surface area contributed by atoms with Crippen LogP contribution in [0.5, 0.6) is 5.75 Å². The number of thioether (sulfide) groups is 1. The van der Waals surface area contributed by atoms with Gasteiger partial charge in [0.15, 0.2) is 16.5 Å². The molecule has 0 unspecified atom stereocenters. The van der Waals surface area contributed by atoms with Crippen molar-refractivity contribution in [3.05, 3.63) is 70.7 Å². The summed E-state index contributed by atoms with van der Waals surface area (Å²) in [6.45, 7) is 3.27. The second-order valence-corrected chi connectivity index (χ2v) is 8.10. The molecular formula is C23H19N3O4S. The van der Waals surface area contributed by atoms with Gasteiger partial charge in [-0.2, -0.15) is 0 Å². The quantitative estimate of drug-likeness (QED) is 0.469. The Hall–Kier alpha value is -3.52. The molecular weight excluding hydrogens is 414 g/mol. The van der Waals surface area contributed by atoms with Crippen molar-refractivity contribution in [2.45, 2.75) is 18.6 Å². The number of carbonyl (C=O) groups excluding carboxylic acids is 1. The van der Waals surface area contributed by atoms with Crippen molar-refractivity contribution in [2.24, 2.45) is 0 Å². The first-order valence-corrected chi connectivity index (χ1v) is 10.9. The maximum atomic E-state index is 12.7. The summed E-state index contributed by atoms with van der Waals surface area (Å²) in [5.41, 5.74) is 2.01. The normalized spacial score (nSPS) is 12.7. The summed E-state index contributed by atoms with van der Waals surface area (Å²) in [4.78, 5) is 29.8. The lowest BCUT2D eigenvalue weighted by Crippen LogP contribution is -2.20. The fourth-order valence-corrected chi connectivity index (χ4v) is 4.46. The van der Waals surface area contributed by atoms with Crippen LogP contribution in [-0.4, -0.2) is 27.8 Å². The predicted octanol–water partition coefficient (Wildman–Crippen LogP) is 4.41. The van der Waals surface area contributed by atoms with Gasteiger partial charge in [-0.25, -0.2) is 9.78 Å². The van der Waals surface area contributed by atoms with Crippen molar-refractivity contribution in [2.75, 3.05) is 17.7 Å². The predicted molar refractivity (Wildman–Crippen MR) is 120 cm³/mol. The van der Waals surface area contributed by atoms with Crippen LogP contribution in [0.2, 0.25) is 0 Å². The molecule has 0 atom stereocenters. The lowest BCUT2D eigenvalue weighted by atomic mass is 10.1. The topological polar surface area (TPSA) is 86.4 Å². The van der Waals surface area contributed by atoms with Gasteiger partial charge < -0.3 is 19.0 Å². The number of fused-ring (bicyclic) bond motifs is 2. The highest BCUT2D eigenvalue weighted by Gasteiger charge is 2.17. The number of ether oxygens (including phenoxy) is 1. The fraction of sp³-hybridized carbons (Fsp3) is 0.174. The average Bonchev–Trinajstić information content (AvgIpc) is 3.37. The number of anilines is 1. The third kappa shape index (κ3) is 3.70. The number of rotatable bonds is 5. The first-order valence-electron chi connectivity index (χ1n) is 9.94. The van der Waals surface area contributed by atoms with Gasteiger partial charge in [-0.15, -0.1) is 0 Å². The van der Waals surface area contributed by atoms with Crippen LogP contribution in [0.3, 0.4) is 0 Å². The Labute approximate surface area is 182 Å². The molecule has 3 heterocycles. The molecule has 4 aromatic rings. The number of aryl methyl sites for hydroxylation is 1. The van der Waals surface area contributed by atoms with Gasteiger partial charge in [0, 0.05) is 35.1 Å². The number of amides is 1. The number of para-hydroxylation sites is 1. The van der Waals surface area contributed by atoms with Gasteiger partial charge in [0.2, 0.25) is 0 Å². The van der Waals surface area contributed by atoms with Crippen LogP contribution < -0.4 is 15.7 Å². The molecule has 0 radical (unpaired) electrons. The lowest BCUT2D eigenvalue weighted by molar-refractivity contribution is 0.102. The second kappa shape index (κ2) is 7.96. The zero-order valence-electron chi connectivity index (χ0n) is 16.8. The molecule has 31 heavy (non-hydrogen) atoms. The van der Waals surface area contributed by atoms with E-state index in [1.165, 1.54) is 6.07 Å². The van der Waals surface area contributed by atoms with E-state index in [-0.39, 0.29) is 5.56 Å². The van der Waals surface area contributed by atoms with Crippen LogP contribution in [0.1, 0.15) is 17.3 Å². The van der Waals surface area contributed by atoms with Crippen molar-refractivity contribution in [1.82, 2.24) is 9.55 Å². The molecule has 1 aliphatic rings. The SMILES string of the molecule is CCOc1cccc2cc(C(=O)Nc3ccc(-c4cn5c(n4)SCC5)cc3)c(=O)oc12. The molecule has 1 amide bonds. The Balaban J connectivity index is 1.37. The highest BCUT2D eigenvalue weighted by atomic mass is 32.2. The summed E-state index contributed by atoms with van der Waals surface area (Å²) in [6, 6.07) is 14.2. The maximum Gasteiger partial charge on any atom is 0.349 e. The number of aromatic nitrogens is 2. The van der Waals surface area contributed by atoms with Crippen LogP contribution in [0, 0.1) is 0 Å². The first-order chi connectivity index (χ1) is 15.1. The molecule has 0 bridgehead atoms. The molecule has 5 rings (SSSR count). The Bertz CT molecular complexity index is 1320. The largest absolute Gasteiger partial charge is 0.490 e. The Kier molecular flexibility index (Phi) is 4.99. The van der Waals surface area contributed by atoms with Crippen molar-refractivity contribution in [1.29, 1.82) is 0 Å². The van der Waals surface area contributed by atoms with Crippen molar-refractivity contribution >= 4 is 34.3 Å². The van der Waals surface area contributed by atoms with Gasteiger partial charge in [-0.3, -0.25) is 4.79 Å². The standard InChI is InChI=1S/C23H19N3O4S/c1-2-29-19-5-3-4-15-12-17(22(28)30-20(15)19)21(27)24-16-8-6-14(7-9-16)18-13-26-10-11-31-23(26)25-18/h3-9,12-13H,2,10-11H2,1H3,(H,24,27). The van der Waals surface area contributed by atoms with Gasteiger partial charge in [-0.05, 0) is 31.2 Å². The highest BCUT2D eigenvalue weighted by molar-refractivity contribution is 7.99. The number of hydrogen-bond donors (Lipinski definition) is 1. The first kappa shape index (κ1) is 19.4. The second-order valence-electron chi connectivity index (χ2n) is 7.04. The van der Waals surface area contributed by atoms with E-state index in [1.54, 1.807) is 42.1 Å². The molecule has 0 spiro atoms. The number of imidazole rings is 1. The molecule has 8 heteroatoms. The molecule has 0 saturated carbocycles. The summed E-state index contributed by atoms with van der Waals surface area (Å²) in [5.74, 6) is 1.01. The van der Waals surface area contributed by atoms with Crippen LogP contribution in [0.4, 0.5) is 5.69 Å². The third-order valence-corrected chi connectivity index (χ3v) is 5.98. The number of hydrogen-bond acceptors (Lipinski definition) is 6. The zero-order chi connectivity index (χ0) is 21.4. The van der Waals surface area contributed by atoms with Gasteiger partial charge in [0.05, 0.1) is 12.3 Å². The van der Waals surface area contributed by atoms with Crippen LogP contribution in [0.15, 0.2) is 69.1 Å². The van der Waals surface area contributed by atoms with Crippen LogP contribution >= 0.6 is 11.8 Å². The monoisotopic (exact) mass is 433 g/mol. The summed E-state index contributed by atoms with van der Waals surface area (Å²) in [7, 11) is 0. The number of carbonyl (C=O) groups is 1. The van der Waals surface area contributed by atoms with E-state index in [0.717, 1.165) is 28.7 Å². The fourth-order valence-electron chi connectivity index (χ4n) is 3.52. The van der Waals surface area contributed by atoms with Crippen molar-refractivity contribution in [3.8, 4) is 17.0 Å². The molecule has 156 valence electrons. The molecule has 1 N–H and O–H groups in total. The van der Waals surface area contributed by atoms with Crippen molar-refractivity contribution < 1.29 is 13.9 Å². The molecule has 2 aromatic carbocycles. The summed E-state index contributed by atoms with van der Waals surface area (Å²) < 4.78 is 13.0. The van der Waals surface area contributed by atoms with E-state index in [9.17, 15) is 9.59 Å². The molecule has 1 aliphatic heterocycles. The minimum absolute atomic E-state index is 0.0622. The van der Waals surface area contributed by atoms with Crippen LogP contribution in [-0.2, 0) is 6.54 Å². The van der Waals surface area contributed by atoms with Crippen molar-refractivity contribution in [3.63, 3.8) is 0 Å². The van der Waals surface area contributed by atoms with Crippen LogP contribution in [0.25, 0.3) is 22.2 Å². The number of nitrogens with one attached hydrogen (secondary N) is 1. The van der Waals surface area contributed by atoms with E-state index in [0.29, 0.717) is 29.0 Å². The Morgan fingerprint density at radius 2 is 2.10 bits per heavy atom. The van der Waals surface area contributed by atoms with E-state index < -0.39 is 11.5 Å². The summed E-state index contributed by atoms with van der Waals surface area (Å²) in [5, 5.41) is 4.41. The van der Waals surface area contributed by atoms with Gasteiger partial charge in [-0.1, -0.05) is 36.0 Å². The molecule has 7 nitrogen and oxygen atoms in total. The van der Waals surface area contributed by atoms with Gasteiger partial charge in [0.25, 0.3) is 5.91 Å². The Morgan fingerprint density at radius 3 is 2.87 bits per heavy atom. The summed E-state index contributed by atoms with van der Waals surface area (Å²) in [6.07, 6.45) is 2.04. The van der Waals surface area contributed by atoms with E-state index in [1.807, 2.05) is 25.3 Å². The number of nitrogens with zero attached hydrogens (tertiary/aromatic N) is 2. The molecule has 0 saturated heterocycles. The van der Waals surface area contributed by atoms with Gasteiger partial charge in [0.1, 0.15) is 5.56 Å². The average molecular weight is 433 g/mol. The summed E-state index contributed by atoms with van der Waals surface area (Å²) >= 11 is 1.75. The van der Waals surface area contributed by atoms with E-state index in [2.05, 4.69) is 14.9 Å². The smallest absolute Gasteiger partial charge is 0.349 e. The lowest BCUT2D eigenvalue weighted by Gasteiger charge is -2.08. The van der Waals surface area contributed by atoms with E-state index in [4.69, 9.17) is 9.15 Å². The van der Waals surface area contributed by atoms with Gasteiger partial charge >= 0.3 is 5.63 Å². The third-order valence-electron chi connectivity index (χ3n) is 5.01. The number of benzene rings is 2. The molecule has 0 fully saturated rings. The zero-order valence-corrected chi connectivity index (χ0v) is 17.6. The van der Waals surface area contributed by atoms with E-state index >= 15 is 0 Å². The highest BCUT2D eigenvalue weighted by Crippen LogP contribution is 2.29. The minimum Gasteiger partial charge on any atom is -0.490 e. The molecule has 0 aliphatic carbocycles. The Morgan fingerprint density at radius 1 is 1.26 bits per heavy atom. The minimum atomic E-state index is -0.709.